The van der Waals surface area contributed by atoms with E-state index in [2.05, 4.69) is 0 Å². The molecule has 0 saturated carbocycles. The molecule has 0 spiro atoms. The third kappa shape index (κ3) is 2.68. The highest BCUT2D eigenvalue weighted by Gasteiger charge is 2.44. The standard InChI is InChI=1S/C12H18N2O2S/c1-10-4-6-12(7-5-10)17(15,16)14-9-11(14)8-13(2)3/h4-7,11H,8-9H2,1-3H3. The smallest absolute Gasteiger partial charge is 0.243 e. The topological polar surface area (TPSA) is 40.4 Å². The predicted octanol–water partition coefficient (Wildman–Crippen LogP) is 0.930. The molecule has 1 saturated heterocycles. The average molecular weight is 254 g/mol. The van der Waals surface area contributed by atoms with Crippen LogP contribution < -0.4 is 0 Å². The number of nitrogens with zero attached hydrogens (tertiary/aromatic N) is 2. The van der Waals surface area contributed by atoms with Crippen LogP contribution in [0.1, 0.15) is 5.56 Å². The summed E-state index contributed by atoms with van der Waals surface area (Å²) in [6, 6.07) is 7.15. The highest BCUT2D eigenvalue weighted by atomic mass is 32.2. The fourth-order valence-corrected chi connectivity index (χ4v) is 3.45. The van der Waals surface area contributed by atoms with Crippen LogP contribution in [0.3, 0.4) is 0 Å². The van der Waals surface area contributed by atoms with Gasteiger partial charge in [0.1, 0.15) is 0 Å². The summed E-state index contributed by atoms with van der Waals surface area (Å²) in [5.74, 6) is 0. The van der Waals surface area contributed by atoms with Crippen molar-refractivity contribution in [1.82, 2.24) is 9.21 Å². The van der Waals surface area contributed by atoms with Gasteiger partial charge in [-0.3, -0.25) is 0 Å². The van der Waals surface area contributed by atoms with Gasteiger partial charge in [-0.25, -0.2) is 8.42 Å². The number of rotatable bonds is 4. The number of hydrogen-bond acceptors (Lipinski definition) is 3. The van der Waals surface area contributed by atoms with E-state index in [1.165, 1.54) is 0 Å². The van der Waals surface area contributed by atoms with Crippen LogP contribution >= 0.6 is 0 Å². The lowest BCUT2D eigenvalue weighted by Crippen LogP contribution is -2.23. The van der Waals surface area contributed by atoms with Crippen LogP contribution in [0.4, 0.5) is 0 Å². The minimum Gasteiger partial charge on any atom is -0.308 e. The number of benzene rings is 1. The van der Waals surface area contributed by atoms with Gasteiger partial charge in [-0.1, -0.05) is 17.7 Å². The van der Waals surface area contributed by atoms with E-state index in [9.17, 15) is 8.42 Å². The van der Waals surface area contributed by atoms with Gasteiger partial charge in [0.2, 0.25) is 10.0 Å². The maximum absolute atomic E-state index is 12.2. The van der Waals surface area contributed by atoms with Crippen molar-refractivity contribution in [2.24, 2.45) is 0 Å². The van der Waals surface area contributed by atoms with E-state index in [1.54, 1.807) is 16.4 Å². The highest BCUT2D eigenvalue weighted by Crippen LogP contribution is 2.28. The molecule has 17 heavy (non-hydrogen) atoms. The van der Waals surface area contributed by atoms with Crippen molar-refractivity contribution in [3.63, 3.8) is 0 Å². The largest absolute Gasteiger partial charge is 0.308 e. The van der Waals surface area contributed by atoms with E-state index < -0.39 is 10.0 Å². The predicted molar refractivity (Wildman–Crippen MR) is 67.4 cm³/mol. The van der Waals surface area contributed by atoms with Gasteiger partial charge in [0.05, 0.1) is 10.9 Å². The summed E-state index contributed by atoms with van der Waals surface area (Å²) < 4.78 is 26.0. The molecular weight excluding hydrogens is 236 g/mol. The molecule has 2 rings (SSSR count). The van der Waals surface area contributed by atoms with E-state index >= 15 is 0 Å². The Kier molecular flexibility index (Phi) is 3.25. The molecule has 0 N–H and O–H groups in total. The van der Waals surface area contributed by atoms with Crippen molar-refractivity contribution in [3.05, 3.63) is 29.8 Å². The van der Waals surface area contributed by atoms with Gasteiger partial charge in [0.25, 0.3) is 0 Å². The monoisotopic (exact) mass is 254 g/mol. The second kappa shape index (κ2) is 4.40. The van der Waals surface area contributed by atoms with Crippen LogP contribution in [0, 0.1) is 6.92 Å². The molecule has 1 aliphatic rings. The summed E-state index contributed by atoms with van der Waals surface area (Å²) >= 11 is 0. The Bertz CT molecular complexity index is 494. The molecule has 0 bridgehead atoms. The minimum atomic E-state index is -3.27. The SMILES string of the molecule is Cc1ccc(S(=O)(=O)N2CC2CN(C)C)cc1. The van der Waals surface area contributed by atoms with Crippen LogP contribution in [0.15, 0.2) is 29.2 Å². The third-order valence-corrected chi connectivity index (χ3v) is 4.80. The van der Waals surface area contributed by atoms with Crippen LogP contribution in [0.2, 0.25) is 0 Å². The van der Waals surface area contributed by atoms with Crippen molar-refractivity contribution < 1.29 is 8.42 Å². The second-order valence-electron chi connectivity index (χ2n) is 4.80. The Morgan fingerprint density at radius 2 is 1.88 bits per heavy atom. The van der Waals surface area contributed by atoms with Gasteiger partial charge in [-0.05, 0) is 33.2 Å². The minimum absolute atomic E-state index is 0.135. The van der Waals surface area contributed by atoms with Crippen molar-refractivity contribution >= 4 is 10.0 Å². The van der Waals surface area contributed by atoms with Crippen molar-refractivity contribution in [3.8, 4) is 0 Å². The Morgan fingerprint density at radius 1 is 1.29 bits per heavy atom. The maximum Gasteiger partial charge on any atom is 0.243 e. The van der Waals surface area contributed by atoms with Crippen molar-refractivity contribution in [2.75, 3.05) is 27.2 Å². The Hall–Kier alpha value is -0.910. The first-order valence-electron chi connectivity index (χ1n) is 5.64. The quantitative estimate of drug-likeness (QED) is 0.751. The fourth-order valence-electron chi connectivity index (χ4n) is 1.87. The normalized spacial score (nSPS) is 24.0. The Balaban J connectivity index is 2.13. The summed E-state index contributed by atoms with van der Waals surface area (Å²) in [4.78, 5) is 2.40. The van der Waals surface area contributed by atoms with E-state index in [0.29, 0.717) is 11.4 Å². The van der Waals surface area contributed by atoms with Crippen LogP contribution in [0.25, 0.3) is 0 Å². The maximum atomic E-state index is 12.2. The van der Waals surface area contributed by atoms with Crippen molar-refractivity contribution in [1.29, 1.82) is 0 Å². The molecule has 2 atom stereocenters. The zero-order valence-electron chi connectivity index (χ0n) is 10.4. The second-order valence-corrected chi connectivity index (χ2v) is 6.69. The average Bonchev–Trinajstić information content (AvgIpc) is 2.97. The summed E-state index contributed by atoms with van der Waals surface area (Å²) in [5, 5.41) is 0. The number of sulfonamides is 1. The number of aryl methyl sites for hydroxylation is 1. The molecule has 0 amide bonds. The Labute approximate surface area is 103 Å². The molecule has 1 aromatic carbocycles. The molecule has 4 nitrogen and oxygen atoms in total. The fraction of sp³-hybridized carbons (Fsp3) is 0.500. The summed E-state index contributed by atoms with van der Waals surface area (Å²) in [6.45, 7) is 3.36. The van der Waals surface area contributed by atoms with Gasteiger partial charge in [0, 0.05) is 13.1 Å². The number of hydrogen-bond donors (Lipinski definition) is 0. The first-order chi connectivity index (χ1) is 7.91. The lowest BCUT2D eigenvalue weighted by atomic mass is 10.2. The lowest BCUT2D eigenvalue weighted by Gasteiger charge is -2.10. The molecule has 2 unspecified atom stereocenters. The van der Waals surface area contributed by atoms with E-state index in [4.69, 9.17) is 0 Å². The van der Waals surface area contributed by atoms with Gasteiger partial charge >= 0.3 is 0 Å². The number of likely N-dealkylation sites (N-methyl/N-ethyl adjacent to an activating group) is 1. The third-order valence-electron chi connectivity index (χ3n) is 2.87. The zero-order valence-corrected chi connectivity index (χ0v) is 11.2. The molecule has 0 aromatic heterocycles. The lowest BCUT2D eigenvalue weighted by molar-refractivity contribution is 0.396. The van der Waals surface area contributed by atoms with Crippen LogP contribution in [-0.4, -0.2) is 50.8 Å². The van der Waals surface area contributed by atoms with Gasteiger partial charge < -0.3 is 4.90 Å². The Morgan fingerprint density at radius 3 is 2.41 bits per heavy atom. The first kappa shape index (κ1) is 12.5. The molecule has 5 heteroatoms. The molecule has 1 aliphatic heterocycles. The van der Waals surface area contributed by atoms with Gasteiger partial charge in [-0.2, -0.15) is 4.31 Å². The van der Waals surface area contributed by atoms with E-state index in [1.807, 2.05) is 38.1 Å². The van der Waals surface area contributed by atoms with Gasteiger partial charge in [-0.15, -0.1) is 0 Å². The van der Waals surface area contributed by atoms with Crippen LogP contribution in [-0.2, 0) is 10.0 Å². The van der Waals surface area contributed by atoms with E-state index in [0.717, 1.165) is 12.1 Å². The molecule has 0 aliphatic carbocycles. The van der Waals surface area contributed by atoms with Crippen LogP contribution in [0.5, 0.6) is 0 Å². The zero-order chi connectivity index (χ0) is 12.6. The highest BCUT2D eigenvalue weighted by molar-refractivity contribution is 7.89. The first-order valence-corrected chi connectivity index (χ1v) is 7.08. The molecule has 1 heterocycles. The molecule has 94 valence electrons. The summed E-state index contributed by atoms with van der Waals surface area (Å²) in [6.07, 6.45) is 0. The summed E-state index contributed by atoms with van der Waals surface area (Å²) in [7, 11) is 0.636. The van der Waals surface area contributed by atoms with Gasteiger partial charge in [0.15, 0.2) is 0 Å². The molecule has 1 aromatic rings. The van der Waals surface area contributed by atoms with Crippen molar-refractivity contribution in [2.45, 2.75) is 17.9 Å². The summed E-state index contributed by atoms with van der Waals surface area (Å²) in [5.41, 5.74) is 1.07. The van der Waals surface area contributed by atoms with E-state index in [-0.39, 0.29) is 6.04 Å². The molecule has 0 radical (unpaired) electrons. The molecule has 1 fully saturated rings. The molecular formula is C12H18N2O2S.